The minimum absolute atomic E-state index is 0.0974. The lowest BCUT2D eigenvalue weighted by atomic mass is 10.2. The van der Waals surface area contributed by atoms with Gasteiger partial charge < -0.3 is 10.6 Å². The third-order valence-corrected chi connectivity index (χ3v) is 5.68. The molecule has 3 heterocycles. The number of amides is 2. The summed E-state index contributed by atoms with van der Waals surface area (Å²) in [6, 6.07) is 13.5. The lowest BCUT2D eigenvalue weighted by molar-refractivity contribution is -0.114. The zero-order chi connectivity index (χ0) is 20.4. The molecule has 2 amide bonds. The van der Waals surface area contributed by atoms with Crippen LogP contribution in [0.3, 0.4) is 0 Å². The number of rotatable bonds is 5. The zero-order valence-corrected chi connectivity index (χ0v) is 16.4. The number of primary amides is 1. The lowest BCUT2D eigenvalue weighted by Crippen LogP contribution is -2.48. The third kappa shape index (κ3) is 4.01. The van der Waals surface area contributed by atoms with Gasteiger partial charge in [0.25, 0.3) is 17.6 Å². The molecule has 2 N–H and O–H groups in total. The monoisotopic (exact) mass is 409 g/mol. The Morgan fingerprint density at radius 3 is 2.41 bits per heavy atom. The highest BCUT2D eigenvalue weighted by Gasteiger charge is 2.25. The molecular formula is C20H19N5O3S. The van der Waals surface area contributed by atoms with Crippen LogP contribution in [0.1, 0.15) is 26.5 Å². The number of fused-ring (bicyclic) bond motifs is 1. The molecule has 1 aliphatic rings. The molecule has 148 valence electrons. The molecule has 0 bridgehead atoms. The topological polar surface area (TPSA) is 109 Å². The van der Waals surface area contributed by atoms with Crippen LogP contribution < -0.4 is 5.73 Å². The van der Waals surface area contributed by atoms with Crippen molar-refractivity contribution in [3.63, 3.8) is 0 Å². The van der Waals surface area contributed by atoms with Gasteiger partial charge in [-0.25, -0.2) is 4.98 Å². The molecule has 8 nitrogen and oxygen atoms in total. The van der Waals surface area contributed by atoms with Gasteiger partial charge in [0, 0.05) is 32.7 Å². The summed E-state index contributed by atoms with van der Waals surface area (Å²) < 4.78 is 4.60. The van der Waals surface area contributed by atoms with E-state index < -0.39 is 11.7 Å². The number of carbonyl (C=O) groups is 3. The maximum Gasteiger partial charge on any atom is 0.291 e. The first kappa shape index (κ1) is 19.2. The van der Waals surface area contributed by atoms with Crippen LogP contribution in [-0.4, -0.2) is 62.9 Å². The van der Waals surface area contributed by atoms with Crippen molar-refractivity contribution in [2.24, 2.45) is 5.73 Å². The molecule has 3 aromatic rings. The van der Waals surface area contributed by atoms with Gasteiger partial charge in [0.1, 0.15) is 11.2 Å². The number of benzene rings is 1. The molecule has 1 fully saturated rings. The van der Waals surface area contributed by atoms with Crippen LogP contribution in [0.25, 0.3) is 10.2 Å². The summed E-state index contributed by atoms with van der Waals surface area (Å²) in [7, 11) is 0. The molecule has 0 spiro atoms. The van der Waals surface area contributed by atoms with Gasteiger partial charge in [-0.1, -0.05) is 30.3 Å². The summed E-state index contributed by atoms with van der Waals surface area (Å²) >= 11 is 1.04. The Hall–Kier alpha value is -3.17. The summed E-state index contributed by atoms with van der Waals surface area (Å²) in [5.41, 5.74) is 6.69. The summed E-state index contributed by atoms with van der Waals surface area (Å²) in [6.45, 7) is 3.59. The normalized spacial score (nSPS) is 14.8. The molecule has 4 rings (SSSR count). The van der Waals surface area contributed by atoms with E-state index in [0.29, 0.717) is 17.8 Å². The number of hydrogen-bond acceptors (Lipinski definition) is 7. The van der Waals surface area contributed by atoms with Crippen LogP contribution in [0.15, 0.2) is 42.5 Å². The van der Waals surface area contributed by atoms with Crippen LogP contribution in [0.4, 0.5) is 0 Å². The molecule has 0 aliphatic carbocycles. The highest BCUT2D eigenvalue weighted by Crippen LogP contribution is 2.22. The van der Waals surface area contributed by atoms with Crippen molar-refractivity contribution >= 4 is 39.3 Å². The lowest BCUT2D eigenvalue weighted by Gasteiger charge is -2.34. The van der Waals surface area contributed by atoms with Gasteiger partial charge in [0.15, 0.2) is 5.69 Å². The van der Waals surface area contributed by atoms with Crippen molar-refractivity contribution in [2.75, 3.05) is 26.2 Å². The molecule has 9 heteroatoms. The SMILES string of the molecule is NC(=O)C(=O)c1nsc2ccc(C(=O)N3CCN(Cc4ccccc4)CC3)nc12. The number of Topliss-reactive ketones (excluding diaryl/α,β-unsaturated/α-hetero) is 1. The number of pyridine rings is 1. The second kappa shape index (κ2) is 8.06. The maximum absolute atomic E-state index is 12.9. The Labute approximate surface area is 171 Å². The summed E-state index contributed by atoms with van der Waals surface area (Å²) in [6.07, 6.45) is 0. The number of piperazine rings is 1. The maximum atomic E-state index is 12.9. The fourth-order valence-corrected chi connectivity index (χ4v) is 4.04. The van der Waals surface area contributed by atoms with E-state index in [0.717, 1.165) is 31.2 Å². The highest BCUT2D eigenvalue weighted by atomic mass is 32.1. The number of hydrogen-bond donors (Lipinski definition) is 1. The van der Waals surface area contributed by atoms with E-state index in [1.807, 2.05) is 18.2 Å². The summed E-state index contributed by atoms with van der Waals surface area (Å²) in [4.78, 5) is 44.4. The van der Waals surface area contributed by atoms with Crippen molar-refractivity contribution in [3.8, 4) is 0 Å². The van der Waals surface area contributed by atoms with Gasteiger partial charge in [-0.15, -0.1) is 0 Å². The molecule has 1 aromatic carbocycles. The smallest absolute Gasteiger partial charge is 0.291 e. The average molecular weight is 409 g/mol. The zero-order valence-electron chi connectivity index (χ0n) is 15.6. The molecule has 0 saturated carbocycles. The second-order valence-corrected chi connectivity index (χ2v) is 7.63. The number of ketones is 1. The molecule has 2 aromatic heterocycles. The van der Waals surface area contributed by atoms with Crippen LogP contribution in [0.2, 0.25) is 0 Å². The van der Waals surface area contributed by atoms with Crippen LogP contribution >= 0.6 is 11.5 Å². The number of carbonyl (C=O) groups excluding carboxylic acids is 3. The molecule has 29 heavy (non-hydrogen) atoms. The second-order valence-electron chi connectivity index (χ2n) is 6.82. The third-order valence-electron chi connectivity index (χ3n) is 4.88. The van der Waals surface area contributed by atoms with E-state index in [1.54, 1.807) is 17.0 Å². The van der Waals surface area contributed by atoms with E-state index in [2.05, 4.69) is 26.4 Å². The van der Waals surface area contributed by atoms with E-state index in [4.69, 9.17) is 5.73 Å². The van der Waals surface area contributed by atoms with Crippen molar-refractivity contribution in [1.29, 1.82) is 0 Å². The highest BCUT2D eigenvalue weighted by molar-refractivity contribution is 7.13. The fourth-order valence-electron chi connectivity index (χ4n) is 3.33. The molecule has 0 unspecified atom stereocenters. The standard InChI is InChI=1S/C20H19N5O3S/c21-19(27)18(26)17-16-15(29-23-17)7-6-14(22-16)20(28)25-10-8-24(9-11-25)12-13-4-2-1-3-5-13/h1-7H,8-12H2,(H2,21,27). The largest absolute Gasteiger partial charge is 0.363 e. The molecule has 0 atom stereocenters. The Bertz CT molecular complexity index is 1070. The van der Waals surface area contributed by atoms with Crippen LogP contribution in [0.5, 0.6) is 0 Å². The first-order valence-corrected chi connectivity index (χ1v) is 9.96. The van der Waals surface area contributed by atoms with Gasteiger partial charge in [0.2, 0.25) is 0 Å². The first-order valence-electron chi connectivity index (χ1n) is 9.19. The Kier molecular flexibility index (Phi) is 5.32. The van der Waals surface area contributed by atoms with Crippen molar-refractivity contribution in [2.45, 2.75) is 6.54 Å². The van der Waals surface area contributed by atoms with Gasteiger partial charge in [-0.2, -0.15) is 4.37 Å². The van der Waals surface area contributed by atoms with Crippen molar-refractivity contribution < 1.29 is 14.4 Å². The van der Waals surface area contributed by atoms with E-state index in [9.17, 15) is 14.4 Å². The molecular weight excluding hydrogens is 390 g/mol. The van der Waals surface area contributed by atoms with Gasteiger partial charge >= 0.3 is 0 Å². The van der Waals surface area contributed by atoms with Crippen molar-refractivity contribution in [3.05, 3.63) is 59.4 Å². The minimum atomic E-state index is -1.09. The van der Waals surface area contributed by atoms with Gasteiger partial charge in [-0.05, 0) is 29.2 Å². The predicted octanol–water partition coefficient (Wildman–Crippen LogP) is 1.32. The molecule has 1 aliphatic heterocycles. The van der Waals surface area contributed by atoms with Gasteiger partial charge in [0.05, 0.1) is 4.70 Å². The predicted molar refractivity (Wildman–Crippen MR) is 109 cm³/mol. The van der Waals surface area contributed by atoms with E-state index in [-0.39, 0.29) is 22.8 Å². The number of nitrogens with zero attached hydrogens (tertiary/aromatic N) is 4. The van der Waals surface area contributed by atoms with Crippen molar-refractivity contribution in [1.82, 2.24) is 19.2 Å². The Morgan fingerprint density at radius 1 is 1.00 bits per heavy atom. The number of aromatic nitrogens is 2. The molecule has 0 radical (unpaired) electrons. The Balaban J connectivity index is 1.46. The fraction of sp³-hybridized carbons (Fsp3) is 0.250. The van der Waals surface area contributed by atoms with Gasteiger partial charge in [-0.3, -0.25) is 19.3 Å². The minimum Gasteiger partial charge on any atom is -0.363 e. The summed E-state index contributed by atoms with van der Waals surface area (Å²) in [5.74, 6) is -2.19. The number of nitrogens with two attached hydrogens (primary N) is 1. The van der Waals surface area contributed by atoms with Crippen LogP contribution in [0, 0.1) is 0 Å². The summed E-state index contributed by atoms with van der Waals surface area (Å²) in [5, 5.41) is 0. The molecule has 1 saturated heterocycles. The Morgan fingerprint density at radius 2 is 1.72 bits per heavy atom. The first-order chi connectivity index (χ1) is 14.0. The van der Waals surface area contributed by atoms with E-state index in [1.165, 1.54) is 5.56 Å². The van der Waals surface area contributed by atoms with Crippen LogP contribution in [-0.2, 0) is 11.3 Å². The quantitative estimate of drug-likeness (QED) is 0.503. The average Bonchev–Trinajstić information content (AvgIpc) is 3.17. The van der Waals surface area contributed by atoms with E-state index >= 15 is 0 Å².